The van der Waals surface area contributed by atoms with Gasteiger partial charge in [-0.15, -0.1) is 0 Å². The second kappa shape index (κ2) is 8.34. The number of benzene rings is 1. The number of carbonyl (C=O) groups excluding carboxylic acids is 1. The molecular weight excluding hydrogens is 288 g/mol. The van der Waals surface area contributed by atoms with Crippen molar-refractivity contribution in [2.75, 3.05) is 13.2 Å². The van der Waals surface area contributed by atoms with Gasteiger partial charge >= 0.3 is 6.03 Å². The minimum atomic E-state index is -0.0902. The normalized spacial score (nSPS) is 16.5. The van der Waals surface area contributed by atoms with Crippen molar-refractivity contribution >= 4 is 6.03 Å². The predicted octanol–water partition coefficient (Wildman–Crippen LogP) is 3.63. The third-order valence-corrected chi connectivity index (χ3v) is 4.81. The van der Waals surface area contributed by atoms with Gasteiger partial charge < -0.3 is 15.7 Å². The van der Waals surface area contributed by atoms with E-state index in [1.165, 1.54) is 24.8 Å². The maximum atomic E-state index is 12.2. The van der Waals surface area contributed by atoms with Crippen LogP contribution >= 0.6 is 0 Å². The lowest BCUT2D eigenvalue weighted by Gasteiger charge is -2.34. The van der Waals surface area contributed by atoms with E-state index < -0.39 is 0 Å². The Bertz CT molecular complexity index is 483. The Morgan fingerprint density at radius 2 is 2.00 bits per heavy atom. The van der Waals surface area contributed by atoms with Crippen LogP contribution in [0.25, 0.3) is 0 Å². The molecule has 3 N–H and O–H groups in total. The molecule has 23 heavy (non-hydrogen) atoms. The van der Waals surface area contributed by atoms with Crippen LogP contribution < -0.4 is 10.6 Å². The Morgan fingerprint density at radius 3 is 2.57 bits per heavy atom. The highest BCUT2D eigenvalue weighted by atomic mass is 16.3. The van der Waals surface area contributed by atoms with Crippen molar-refractivity contribution in [3.8, 4) is 0 Å². The molecule has 1 aromatic rings. The second-order valence-corrected chi connectivity index (χ2v) is 7.41. The van der Waals surface area contributed by atoms with Crippen molar-refractivity contribution in [3.05, 3.63) is 35.9 Å². The molecule has 4 nitrogen and oxygen atoms in total. The first-order valence-corrected chi connectivity index (χ1v) is 8.72. The van der Waals surface area contributed by atoms with Gasteiger partial charge in [0.25, 0.3) is 0 Å². The van der Waals surface area contributed by atoms with E-state index in [0.717, 1.165) is 12.8 Å². The van der Waals surface area contributed by atoms with Gasteiger partial charge in [-0.2, -0.15) is 0 Å². The molecule has 0 radical (unpaired) electrons. The first-order valence-electron chi connectivity index (χ1n) is 8.72. The molecule has 1 atom stereocenters. The molecule has 1 aliphatic rings. The van der Waals surface area contributed by atoms with Crippen molar-refractivity contribution < 1.29 is 9.90 Å². The third-order valence-electron chi connectivity index (χ3n) is 4.81. The monoisotopic (exact) mass is 318 g/mol. The average molecular weight is 318 g/mol. The first-order chi connectivity index (χ1) is 11.0. The van der Waals surface area contributed by atoms with E-state index in [2.05, 4.69) is 22.8 Å². The molecule has 0 spiro atoms. The fourth-order valence-electron chi connectivity index (χ4n) is 2.95. The van der Waals surface area contributed by atoms with Crippen LogP contribution in [-0.2, 0) is 0 Å². The van der Waals surface area contributed by atoms with Gasteiger partial charge in [0.15, 0.2) is 0 Å². The van der Waals surface area contributed by atoms with Crippen molar-refractivity contribution in [2.45, 2.75) is 52.0 Å². The summed E-state index contributed by atoms with van der Waals surface area (Å²) in [6, 6.07) is 10.3. The fraction of sp³-hybridized carbons (Fsp3) is 0.632. The van der Waals surface area contributed by atoms with Gasteiger partial charge in [-0.1, -0.05) is 50.6 Å². The van der Waals surface area contributed by atoms with Crippen LogP contribution in [0.4, 0.5) is 4.79 Å². The number of aliphatic hydroxyl groups is 1. The van der Waals surface area contributed by atoms with Crippen LogP contribution in [0.3, 0.4) is 0 Å². The summed E-state index contributed by atoms with van der Waals surface area (Å²) in [7, 11) is 0. The molecule has 0 bridgehead atoms. The number of nitrogens with one attached hydrogen (secondary N) is 2. The zero-order chi connectivity index (χ0) is 16.7. The number of hydrogen-bond acceptors (Lipinski definition) is 2. The molecule has 1 saturated carbocycles. The Kier molecular flexibility index (Phi) is 6.46. The molecule has 1 aromatic carbocycles. The Labute approximate surface area is 139 Å². The number of amides is 2. The smallest absolute Gasteiger partial charge is 0.315 e. The van der Waals surface area contributed by atoms with E-state index in [1.807, 2.05) is 32.0 Å². The molecule has 0 aromatic heterocycles. The van der Waals surface area contributed by atoms with E-state index in [1.54, 1.807) is 0 Å². The Morgan fingerprint density at radius 1 is 1.30 bits per heavy atom. The minimum absolute atomic E-state index is 0.0728. The van der Waals surface area contributed by atoms with Gasteiger partial charge in [0.05, 0.1) is 6.04 Å². The Hall–Kier alpha value is -1.55. The van der Waals surface area contributed by atoms with Crippen LogP contribution in [0, 0.1) is 11.3 Å². The van der Waals surface area contributed by atoms with E-state index >= 15 is 0 Å². The summed E-state index contributed by atoms with van der Waals surface area (Å²) < 4.78 is 0. The summed E-state index contributed by atoms with van der Waals surface area (Å²) in [5, 5.41) is 15.3. The highest BCUT2D eigenvalue weighted by Crippen LogP contribution is 2.37. The van der Waals surface area contributed by atoms with Crippen LogP contribution in [0.1, 0.15) is 57.6 Å². The third kappa shape index (κ3) is 5.54. The van der Waals surface area contributed by atoms with E-state index in [-0.39, 0.29) is 24.1 Å². The van der Waals surface area contributed by atoms with Crippen molar-refractivity contribution in [2.24, 2.45) is 11.3 Å². The maximum Gasteiger partial charge on any atom is 0.315 e. The summed E-state index contributed by atoms with van der Waals surface area (Å²) >= 11 is 0. The molecule has 128 valence electrons. The molecule has 0 saturated heterocycles. The van der Waals surface area contributed by atoms with Crippen LogP contribution in [0.2, 0.25) is 0 Å². The lowest BCUT2D eigenvalue weighted by molar-refractivity contribution is 0.148. The number of urea groups is 1. The lowest BCUT2D eigenvalue weighted by atomic mass is 9.77. The molecule has 1 fully saturated rings. The largest absolute Gasteiger partial charge is 0.396 e. The SMILES string of the molecule is CC(C)(CO)CCCNC(=O)NC(c1ccccc1)C1CCC1. The number of hydrogen-bond donors (Lipinski definition) is 3. The molecule has 1 unspecified atom stereocenters. The zero-order valence-electron chi connectivity index (χ0n) is 14.3. The highest BCUT2D eigenvalue weighted by molar-refractivity contribution is 5.74. The van der Waals surface area contributed by atoms with Gasteiger partial charge in [0.1, 0.15) is 0 Å². The topological polar surface area (TPSA) is 61.4 Å². The summed E-state index contributed by atoms with van der Waals surface area (Å²) in [6.07, 6.45) is 5.40. The molecule has 2 amide bonds. The minimum Gasteiger partial charge on any atom is -0.396 e. The van der Waals surface area contributed by atoms with Crippen molar-refractivity contribution in [3.63, 3.8) is 0 Å². The summed E-state index contributed by atoms with van der Waals surface area (Å²) in [4.78, 5) is 12.2. The van der Waals surface area contributed by atoms with Crippen LogP contribution in [0.5, 0.6) is 0 Å². The zero-order valence-corrected chi connectivity index (χ0v) is 14.3. The average Bonchev–Trinajstić information content (AvgIpc) is 2.50. The summed E-state index contributed by atoms with van der Waals surface area (Å²) in [6.45, 7) is 4.89. The quantitative estimate of drug-likeness (QED) is 0.641. The van der Waals surface area contributed by atoms with E-state index in [4.69, 9.17) is 0 Å². The lowest BCUT2D eigenvalue weighted by Crippen LogP contribution is -2.42. The number of aliphatic hydroxyl groups excluding tert-OH is 1. The standard InChI is InChI=1S/C19H30N2O2/c1-19(2,14-22)12-7-13-20-18(23)21-17(16-10-6-11-16)15-8-4-3-5-9-15/h3-5,8-9,16-17,22H,6-7,10-14H2,1-2H3,(H2,20,21,23). The van der Waals surface area contributed by atoms with Crippen LogP contribution in [-0.4, -0.2) is 24.3 Å². The molecule has 2 rings (SSSR count). The molecule has 0 aliphatic heterocycles. The molecule has 1 aliphatic carbocycles. The van der Waals surface area contributed by atoms with Gasteiger partial charge in [-0.25, -0.2) is 4.79 Å². The van der Waals surface area contributed by atoms with Gasteiger partial charge in [-0.3, -0.25) is 0 Å². The fourth-order valence-corrected chi connectivity index (χ4v) is 2.95. The summed E-state index contributed by atoms with van der Waals surface area (Å²) in [5.41, 5.74) is 1.12. The number of rotatable bonds is 8. The molecular formula is C19H30N2O2. The maximum absolute atomic E-state index is 12.2. The number of carbonyl (C=O) groups is 1. The van der Waals surface area contributed by atoms with Gasteiger partial charge in [0, 0.05) is 13.2 Å². The van der Waals surface area contributed by atoms with E-state index in [9.17, 15) is 9.90 Å². The van der Waals surface area contributed by atoms with Gasteiger partial charge in [0.2, 0.25) is 0 Å². The van der Waals surface area contributed by atoms with Crippen molar-refractivity contribution in [1.82, 2.24) is 10.6 Å². The second-order valence-electron chi connectivity index (χ2n) is 7.41. The first kappa shape index (κ1) is 17.8. The molecule has 4 heteroatoms. The van der Waals surface area contributed by atoms with Crippen molar-refractivity contribution in [1.29, 1.82) is 0 Å². The summed E-state index contributed by atoms with van der Waals surface area (Å²) in [5.74, 6) is 0.552. The highest BCUT2D eigenvalue weighted by Gasteiger charge is 2.29. The van der Waals surface area contributed by atoms with Crippen LogP contribution in [0.15, 0.2) is 30.3 Å². The van der Waals surface area contributed by atoms with E-state index in [0.29, 0.717) is 12.5 Å². The van der Waals surface area contributed by atoms with Gasteiger partial charge in [-0.05, 0) is 42.6 Å². The Balaban J connectivity index is 1.79. The molecule has 0 heterocycles. The predicted molar refractivity (Wildman–Crippen MR) is 93.2 cm³/mol.